The third-order valence-corrected chi connectivity index (χ3v) is 4.69. The number of pyridine rings is 1. The molecule has 1 aliphatic heterocycles. The van der Waals surface area contributed by atoms with Crippen molar-refractivity contribution in [3.63, 3.8) is 0 Å². The topological polar surface area (TPSA) is 118 Å². The summed E-state index contributed by atoms with van der Waals surface area (Å²) in [5, 5.41) is 19.0. The first-order chi connectivity index (χ1) is 15.2. The molecule has 4 rings (SSSR count). The average molecular weight is 419 g/mol. The highest BCUT2D eigenvalue weighted by Gasteiger charge is 2.16. The van der Waals surface area contributed by atoms with Gasteiger partial charge < -0.3 is 30.2 Å². The third-order valence-electron chi connectivity index (χ3n) is 4.69. The van der Waals surface area contributed by atoms with Gasteiger partial charge in [0.1, 0.15) is 17.6 Å². The number of aromatic nitrogens is 1. The predicted octanol–water partition coefficient (Wildman–Crippen LogP) is 3.47. The van der Waals surface area contributed by atoms with Crippen LogP contribution in [-0.4, -0.2) is 38.0 Å². The number of benzene rings is 2. The van der Waals surface area contributed by atoms with Gasteiger partial charge in [0.2, 0.25) is 6.79 Å². The van der Waals surface area contributed by atoms with E-state index in [0.717, 1.165) is 5.39 Å². The zero-order chi connectivity index (χ0) is 21.6. The Labute approximate surface area is 178 Å². The van der Waals surface area contributed by atoms with Gasteiger partial charge in [-0.15, -0.1) is 0 Å². The van der Waals surface area contributed by atoms with Crippen LogP contribution in [0.15, 0.2) is 42.5 Å². The highest BCUT2D eigenvalue weighted by atomic mass is 16.7. The van der Waals surface area contributed by atoms with E-state index >= 15 is 0 Å². The van der Waals surface area contributed by atoms with Crippen LogP contribution in [0.2, 0.25) is 0 Å². The minimum atomic E-state index is -0.300. The lowest BCUT2D eigenvalue weighted by atomic mass is 10.1. The molecule has 2 aromatic carbocycles. The van der Waals surface area contributed by atoms with Crippen molar-refractivity contribution < 1.29 is 19.0 Å². The van der Waals surface area contributed by atoms with Gasteiger partial charge >= 0.3 is 6.03 Å². The van der Waals surface area contributed by atoms with E-state index in [4.69, 9.17) is 14.2 Å². The van der Waals surface area contributed by atoms with Gasteiger partial charge in [0.15, 0.2) is 11.5 Å². The second kappa shape index (κ2) is 9.09. The molecule has 0 unspecified atom stereocenters. The zero-order valence-electron chi connectivity index (χ0n) is 16.9. The lowest BCUT2D eigenvalue weighted by molar-refractivity contribution is 0.174. The second-order valence-electron chi connectivity index (χ2n) is 6.79. The quantitative estimate of drug-likeness (QED) is 0.502. The summed E-state index contributed by atoms with van der Waals surface area (Å²) in [5.41, 5.74) is 1.80. The second-order valence-corrected chi connectivity index (χ2v) is 6.79. The number of ether oxygens (including phenoxy) is 3. The number of amides is 2. The van der Waals surface area contributed by atoms with Crippen molar-refractivity contribution in [2.45, 2.75) is 6.42 Å². The summed E-state index contributed by atoms with van der Waals surface area (Å²) in [6, 6.07) is 14.4. The Morgan fingerprint density at radius 2 is 2.03 bits per heavy atom. The Kier molecular flexibility index (Phi) is 5.89. The van der Waals surface area contributed by atoms with Gasteiger partial charge in [0.25, 0.3) is 0 Å². The first-order valence-corrected chi connectivity index (χ1v) is 9.73. The summed E-state index contributed by atoms with van der Waals surface area (Å²) in [6.45, 7) is 1.17. The molecule has 1 aliphatic rings. The fourth-order valence-corrected chi connectivity index (χ4v) is 3.16. The number of nitrogens with one attached hydrogen (secondary N) is 3. The van der Waals surface area contributed by atoms with E-state index in [2.05, 4.69) is 27.0 Å². The molecule has 0 fully saturated rings. The molecule has 158 valence electrons. The van der Waals surface area contributed by atoms with E-state index in [1.165, 1.54) is 0 Å². The molecule has 0 aliphatic carbocycles. The molecule has 9 heteroatoms. The highest BCUT2D eigenvalue weighted by molar-refractivity contribution is 5.89. The van der Waals surface area contributed by atoms with Crippen molar-refractivity contribution in [2.24, 2.45) is 0 Å². The largest absolute Gasteiger partial charge is 0.497 e. The summed E-state index contributed by atoms with van der Waals surface area (Å²) in [4.78, 5) is 16.6. The molecule has 0 radical (unpaired) electrons. The molecule has 0 atom stereocenters. The maximum Gasteiger partial charge on any atom is 0.319 e. The molecule has 2 heterocycles. The van der Waals surface area contributed by atoms with Crippen LogP contribution < -0.4 is 30.2 Å². The van der Waals surface area contributed by atoms with Crippen LogP contribution in [0.4, 0.5) is 16.3 Å². The Morgan fingerprint density at radius 1 is 1.19 bits per heavy atom. The van der Waals surface area contributed by atoms with E-state index in [1.807, 2.05) is 6.07 Å². The summed E-state index contributed by atoms with van der Waals surface area (Å²) in [6.07, 6.45) is 0.650. The number of nitrogens with zero attached hydrogens (tertiary/aromatic N) is 2. The van der Waals surface area contributed by atoms with Crippen LogP contribution in [0.25, 0.3) is 10.9 Å². The van der Waals surface area contributed by atoms with E-state index in [-0.39, 0.29) is 12.8 Å². The van der Waals surface area contributed by atoms with E-state index in [9.17, 15) is 10.1 Å². The van der Waals surface area contributed by atoms with Gasteiger partial charge in [0.05, 0.1) is 18.2 Å². The van der Waals surface area contributed by atoms with Crippen molar-refractivity contribution in [3.05, 3.63) is 48.0 Å². The molecular formula is C22H21N5O4. The number of rotatable bonds is 7. The number of hydrogen-bond donors (Lipinski definition) is 3. The normalized spacial score (nSPS) is 11.6. The van der Waals surface area contributed by atoms with Crippen LogP contribution in [0.5, 0.6) is 17.2 Å². The molecule has 2 amide bonds. The standard InChI is InChI=1S/C22H21N5O4/c1-29-17-5-2-4-16(10-17)26-22(28)25-7-3-6-24-21-15(12-23)8-14-9-19-20(31-13-30-19)11-18(14)27-21/h2,4-5,8-11H,3,6-7,13H2,1H3,(H,24,27)(H2,25,26,28). The molecule has 0 spiro atoms. The number of urea groups is 1. The summed E-state index contributed by atoms with van der Waals surface area (Å²) >= 11 is 0. The molecule has 3 N–H and O–H groups in total. The van der Waals surface area contributed by atoms with Gasteiger partial charge in [-0.3, -0.25) is 0 Å². The molecule has 0 bridgehead atoms. The fourth-order valence-electron chi connectivity index (χ4n) is 3.16. The van der Waals surface area contributed by atoms with Crippen molar-refractivity contribution in [1.82, 2.24) is 10.3 Å². The van der Waals surface area contributed by atoms with Crippen molar-refractivity contribution in [1.29, 1.82) is 5.26 Å². The Balaban J connectivity index is 1.29. The fraction of sp³-hybridized carbons (Fsp3) is 0.227. The summed E-state index contributed by atoms with van der Waals surface area (Å²) in [7, 11) is 1.57. The van der Waals surface area contributed by atoms with Gasteiger partial charge in [-0.05, 0) is 30.7 Å². The van der Waals surface area contributed by atoms with Gasteiger partial charge in [0, 0.05) is 36.3 Å². The monoisotopic (exact) mass is 419 g/mol. The number of nitriles is 1. The van der Waals surface area contributed by atoms with Crippen LogP contribution in [0.1, 0.15) is 12.0 Å². The van der Waals surface area contributed by atoms with Crippen molar-refractivity contribution in [3.8, 4) is 23.3 Å². The zero-order valence-corrected chi connectivity index (χ0v) is 16.9. The first-order valence-electron chi connectivity index (χ1n) is 9.73. The van der Waals surface area contributed by atoms with E-state index in [1.54, 1.807) is 43.5 Å². The molecular weight excluding hydrogens is 398 g/mol. The number of methoxy groups -OCH3 is 1. The van der Waals surface area contributed by atoms with Crippen LogP contribution in [-0.2, 0) is 0 Å². The highest BCUT2D eigenvalue weighted by Crippen LogP contribution is 2.36. The predicted molar refractivity (Wildman–Crippen MR) is 116 cm³/mol. The summed E-state index contributed by atoms with van der Waals surface area (Å²) < 4.78 is 15.9. The van der Waals surface area contributed by atoms with Gasteiger partial charge in [-0.1, -0.05) is 6.07 Å². The Morgan fingerprint density at radius 3 is 2.84 bits per heavy atom. The molecule has 1 aromatic heterocycles. The maximum atomic E-state index is 12.0. The average Bonchev–Trinajstić information content (AvgIpc) is 3.24. The molecule has 0 saturated heterocycles. The molecule has 31 heavy (non-hydrogen) atoms. The maximum absolute atomic E-state index is 12.0. The minimum Gasteiger partial charge on any atom is -0.497 e. The number of carbonyl (C=O) groups is 1. The van der Waals surface area contributed by atoms with Gasteiger partial charge in [-0.25, -0.2) is 9.78 Å². The van der Waals surface area contributed by atoms with Crippen LogP contribution in [0.3, 0.4) is 0 Å². The minimum absolute atomic E-state index is 0.181. The van der Waals surface area contributed by atoms with Crippen molar-refractivity contribution >= 4 is 28.4 Å². The molecule has 9 nitrogen and oxygen atoms in total. The summed E-state index contributed by atoms with van der Waals surface area (Å²) in [5.74, 6) is 2.45. The van der Waals surface area contributed by atoms with E-state index in [0.29, 0.717) is 59.3 Å². The lowest BCUT2D eigenvalue weighted by Crippen LogP contribution is -2.30. The number of hydrogen-bond acceptors (Lipinski definition) is 7. The smallest absolute Gasteiger partial charge is 0.319 e. The van der Waals surface area contributed by atoms with Crippen LogP contribution >= 0.6 is 0 Å². The number of carbonyl (C=O) groups excluding carboxylic acids is 1. The SMILES string of the molecule is COc1cccc(NC(=O)NCCCNc2nc3cc4c(cc3cc2C#N)OCO4)c1. The Hall–Kier alpha value is -4.19. The van der Waals surface area contributed by atoms with E-state index < -0.39 is 0 Å². The number of fused-ring (bicyclic) bond motifs is 2. The molecule has 3 aromatic rings. The first kappa shape index (κ1) is 20.1. The van der Waals surface area contributed by atoms with Crippen molar-refractivity contribution in [2.75, 3.05) is 37.6 Å². The van der Waals surface area contributed by atoms with Gasteiger partial charge in [-0.2, -0.15) is 5.26 Å². The lowest BCUT2D eigenvalue weighted by Gasteiger charge is -2.11. The number of anilines is 2. The third kappa shape index (κ3) is 4.70. The van der Waals surface area contributed by atoms with Crippen LogP contribution in [0, 0.1) is 11.3 Å². The Bertz CT molecular complexity index is 1160. The molecule has 0 saturated carbocycles.